The Kier molecular flexibility index (Phi) is 3.68. The Morgan fingerprint density at radius 1 is 0.952 bits per heavy atom. The molecule has 0 fully saturated rings. The van der Waals surface area contributed by atoms with Crippen LogP contribution in [0.25, 0.3) is 10.2 Å². The van der Waals surface area contributed by atoms with Gasteiger partial charge in [0.05, 0.1) is 15.2 Å². The summed E-state index contributed by atoms with van der Waals surface area (Å²) in [5, 5.41) is 4.65. The van der Waals surface area contributed by atoms with Crippen LogP contribution in [0.1, 0.15) is 27.3 Å². The molecule has 0 amide bonds. The van der Waals surface area contributed by atoms with Gasteiger partial charge in [0, 0.05) is 12.2 Å². The smallest absolute Gasteiger partial charge is 0.0907 e. The first-order valence-corrected chi connectivity index (χ1v) is 8.02. The SMILES string of the molecule is Cc1nc2ccc(NCc3cc(C)c(C)cc3C)cc2s1. The second kappa shape index (κ2) is 5.49. The molecule has 1 aromatic heterocycles. The fraction of sp³-hybridized carbons (Fsp3) is 0.278. The molecular formula is C18H20N2S. The van der Waals surface area contributed by atoms with Crippen molar-refractivity contribution >= 4 is 27.2 Å². The molecule has 0 radical (unpaired) electrons. The van der Waals surface area contributed by atoms with Crippen molar-refractivity contribution in [2.45, 2.75) is 34.2 Å². The fourth-order valence-electron chi connectivity index (χ4n) is 2.56. The molecule has 0 aliphatic heterocycles. The Labute approximate surface area is 129 Å². The van der Waals surface area contributed by atoms with Gasteiger partial charge in [0.15, 0.2) is 0 Å². The van der Waals surface area contributed by atoms with Gasteiger partial charge in [0.25, 0.3) is 0 Å². The lowest BCUT2D eigenvalue weighted by molar-refractivity contribution is 1.10. The van der Waals surface area contributed by atoms with Gasteiger partial charge in [-0.1, -0.05) is 12.1 Å². The number of benzene rings is 2. The van der Waals surface area contributed by atoms with E-state index in [2.05, 4.69) is 68.3 Å². The lowest BCUT2D eigenvalue weighted by Gasteiger charge is -2.12. The predicted molar refractivity (Wildman–Crippen MR) is 92.3 cm³/mol. The van der Waals surface area contributed by atoms with E-state index in [0.717, 1.165) is 22.8 Å². The van der Waals surface area contributed by atoms with E-state index in [9.17, 15) is 0 Å². The van der Waals surface area contributed by atoms with Crippen LogP contribution in [0.3, 0.4) is 0 Å². The highest BCUT2D eigenvalue weighted by Gasteiger charge is 2.04. The molecule has 0 aliphatic rings. The monoisotopic (exact) mass is 296 g/mol. The number of nitrogens with one attached hydrogen (secondary N) is 1. The Balaban J connectivity index is 1.81. The second-order valence-corrected chi connectivity index (χ2v) is 6.87. The lowest BCUT2D eigenvalue weighted by atomic mass is 10.0. The molecule has 3 aromatic rings. The van der Waals surface area contributed by atoms with Crippen molar-refractivity contribution in [2.24, 2.45) is 0 Å². The van der Waals surface area contributed by atoms with Crippen molar-refractivity contribution in [1.82, 2.24) is 4.98 Å². The maximum atomic E-state index is 4.50. The normalized spacial score (nSPS) is 11.0. The zero-order chi connectivity index (χ0) is 15.0. The highest BCUT2D eigenvalue weighted by atomic mass is 32.1. The van der Waals surface area contributed by atoms with Crippen LogP contribution in [0.4, 0.5) is 5.69 Å². The van der Waals surface area contributed by atoms with Crippen molar-refractivity contribution in [1.29, 1.82) is 0 Å². The molecule has 0 spiro atoms. The molecular weight excluding hydrogens is 276 g/mol. The molecule has 0 bridgehead atoms. The molecule has 0 unspecified atom stereocenters. The molecule has 0 saturated carbocycles. The molecule has 21 heavy (non-hydrogen) atoms. The number of hydrogen-bond donors (Lipinski definition) is 1. The van der Waals surface area contributed by atoms with E-state index in [1.165, 1.54) is 27.0 Å². The molecule has 2 aromatic carbocycles. The molecule has 1 heterocycles. The summed E-state index contributed by atoms with van der Waals surface area (Å²) < 4.78 is 1.24. The van der Waals surface area contributed by atoms with Gasteiger partial charge in [0.1, 0.15) is 0 Å². The van der Waals surface area contributed by atoms with E-state index in [1.54, 1.807) is 11.3 Å². The molecule has 0 aliphatic carbocycles. The average Bonchev–Trinajstić information content (AvgIpc) is 2.80. The van der Waals surface area contributed by atoms with Crippen molar-refractivity contribution in [3.63, 3.8) is 0 Å². The number of thiazole rings is 1. The first-order valence-electron chi connectivity index (χ1n) is 7.21. The van der Waals surface area contributed by atoms with Crippen LogP contribution in [0.2, 0.25) is 0 Å². The van der Waals surface area contributed by atoms with E-state index in [4.69, 9.17) is 0 Å². The zero-order valence-electron chi connectivity index (χ0n) is 12.9. The third-order valence-electron chi connectivity index (χ3n) is 3.93. The van der Waals surface area contributed by atoms with Gasteiger partial charge < -0.3 is 5.32 Å². The Morgan fingerprint density at radius 3 is 2.52 bits per heavy atom. The summed E-state index contributed by atoms with van der Waals surface area (Å²) in [7, 11) is 0. The summed E-state index contributed by atoms with van der Waals surface area (Å²) in [6, 6.07) is 10.9. The minimum atomic E-state index is 0.857. The third-order valence-corrected chi connectivity index (χ3v) is 4.86. The van der Waals surface area contributed by atoms with Crippen LogP contribution in [-0.4, -0.2) is 4.98 Å². The first-order chi connectivity index (χ1) is 10.0. The van der Waals surface area contributed by atoms with E-state index in [1.807, 2.05) is 0 Å². The van der Waals surface area contributed by atoms with Gasteiger partial charge in [0.2, 0.25) is 0 Å². The maximum Gasteiger partial charge on any atom is 0.0907 e. The van der Waals surface area contributed by atoms with Gasteiger partial charge in [-0.15, -0.1) is 11.3 Å². The van der Waals surface area contributed by atoms with Crippen molar-refractivity contribution < 1.29 is 0 Å². The van der Waals surface area contributed by atoms with Crippen molar-refractivity contribution in [3.05, 3.63) is 57.6 Å². The number of anilines is 1. The van der Waals surface area contributed by atoms with Crippen LogP contribution in [0.5, 0.6) is 0 Å². The Bertz CT molecular complexity index is 802. The quantitative estimate of drug-likeness (QED) is 0.723. The minimum absolute atomic E-state index is 0.857. The molecule has 2 nitrogen and oxygen atoms in total. The Hall–Kier alpha value is -1.87. The predicted octanol–water partition coefficient (Wildman–Crippen LogP) is 5.14. The minimum Gasteiger partial charge on any atom is -0.381 e. The summed E-state index contributed by atoms with van der Waals surface area (Å²) in [4.78, 5) is 4.50. The fourth-order valence-corrected chi connectivity index (χ4v) is 3.42. The van der Waals surface area contributed by atoms with Crippen LogP contribution < -0.4 is 5.32 Å². The number of rotatable bonds is 3. The third kappa shape index (κ3) is 2.93. The van der Waals surface area contributed by atoms with Gasteiger partial charge in [-0.2, -0.15) is 0 Å². The lowest BCUT2D eigenvalue weighted by Crippen LogP contribution is -2.02. The number of hydrogen-bond acceptors (Lipinski definition) is 3. The van der Waals surface area contributed by atoms with Crippen LogP contribution in [-0.2, 0) is 6.54 Å². The number of fused-ring (bicyclic) bond motifs is 1. The number of nitrogens with zero attached hydrogens (tertiary/aromatic N) is 1. The van der Waals surface area contributed by atoms with Gasteiger partial charge in [-0.25, -0.2) is 4.98 Å². The van der Waals surface area contributed by atoms with Gasteiger partial charge in [-0.05, 0) is 68.1 Å². The standard InChI is InChI=1S/C18H20N2S/c1-11-7-13(3)15(8-12(11)2)10-19-16-5-6-17-18(9-16)21-14(4)20-17/h5-9,19H,10H2,1-4H3. The summed E-state index contributed by atoms with van der Waals surface area (Å²) in [6.45, 7) is 9.43. The molecule has 0 atom stereocenters. The van der Waals surface area contributed by atoms with E-state index >= 15 is 0 Å². The molecule has 1 N–H and O–H groups in total. The zero-order valence-corrected chi connectivity index (χ0v) is 13.8. The van der Waals surface area contributed by atoms with Crippen molar-refractivity contribution in [3.8, 4) is 0 Å². The molecule has 108 valence electrons. The van der Waals surface area contributed by atoms with Gasteiger partial charge in [-0.3, -0.25) is 0 Å². The summed E-state index contributed by atoms with van der Waals surface area (Å²) in [6.07, 6.45) is 0. The van der Waals surface area contributed by atoms with Gasteiger partial charge >= 0.3 is 0 Å². The summed E-state index contributed by atoms with van der Waals surface area (Å²) in [5.74, 6) is 0. The largest absolute Gasteiger partial charge is 0.381 e. The Morgan fingerprint density at radius 2 is 1.71 bits per heavy atom. The maximum absolute atomic E-state index is 4.50. The van der Waals surface area contributed by atoms with Crippen LogP contribution in [0.15, 0.2) is 30.3 Å². The molecule has 3 rings (SSSR count). The summed E-state index contributed by atoms with van der Waals surface area (Å²) >= 11 is 1.74. The average molecular weight is 296 g/mol. The topological polar surface area (TPSA) is 24.9 Å². The number of aryl methyl sites for hydroxylation is 4. The number of aromatic nitrogens is 1. The second-order valence-electron chi connectivity index (χ2n) is 5.63. The van der Waals surface area contributed by atoms with Crippen LogP contribution >= 0.6 is 11.3 Å². The highest BCUT2D eigenvalue weighted by molar-refractivity contribution is 7.18. The van der Waals surface area contributed by atoms with Crippen molar-refractivity contribution in [2.75, 3.05) is 5.32 Å². The van der Waals surface area contributed by atoms with Crippen LogP contribution in [0, 0.1) is 27.7 Å². The summed E-state index contributed by atoms with van der Waals surface area (Å²) in [5.41, 5.74) is 7.66. The molecule has 3 heteroatoms. The van der Waals surface area contributed by atoms with E-state index in [0.29, 0.717) is 0 Å². The van der Waals surface area contributed by atoms with E-state index < -0.39 is 0 Å². The highest BCUT2D eigenvalue weighted by Crippen LogP contribution is 2.25. The van der Waals surface area contributed by atoms with E-state index in [-0.39, 0.29) is 0 Å². The molecule has 0 saturated heterocycles. The first kappa shape index (κ1) is 14.1.